The Hall–Kier alpha value is -2.26. The highest BCUT2D eigenvalue weighted by Crippen LogP contribution is 2.34. The Balaban J connectivity index is 2.02. The molecule has 0 aliphatic carbocycles. The van der Waals surface area contributed by atoms with E-state index in [0.717, 1.165) is 5.56 Å². The number of nitriles is 1. The van der Waals surface area contributed by atoms with Crippen LogP contribution in [0.15, 0.2) is 18.2 Å². The number of esters is 1. The summed E-state index contributed by atoms with van der Waals surface area (Å²) in [6, 6.07) is 6.73. The molecule has 0 amide bonds. The van der Waals surface area contributed by atoms with Crippen molar-refractivity contribution in [1.82, 2.24) is 5.32 Å². The van der Waals surface area contributed by atoms with Gasteiger partial charge in [0.05, 0.1) is 19.2 Å². The first-order valence-corrected chi connectivity index (χ1v) is 5.92. The van der Waals surface area contributed by atoms with Crippen LogP contribution in [0.4, 0.5) is 0 Å². The molecule has 6 heteroatoms. The van der Waals surface area contributed by atoms with E-state index in [1.807, 2.05) is 0 Å². The maximum absolute atomic E-state index is 11.2. The van der Waals surface area contributed by atoms with E-state index in [2.05, 4.69) is 11.4 Å². The molecule has 0 spiro atoms. The second kappa shape index (κ2) is 6.07. The molecule has 0 saturated carbocycles. The number of carbonyl (C=O) groups excluding carboxylic acids is 1. The smallest absolute Gasteiger partial charge is 0.319 e. The Morgan fingerprint density at radius 3 is 3.05 bits per heavy atom. The highest BCUT2D eigenvalue weighted by Gasteiger charge is 2.18. The fraction of sp³-hybridized carbons (Fsp3) is 0.385. The lowest BCUT2D eigenvalue weighted by Crippen LogP contribution is -2.28. The van der Waals surface area contributed by atoms with Crippen LogP contribution in [-0.4, -0.2) is 25.9 Å². The summed E-state index contributed by atoms with van der Waals surface area (Å²) in [7, 11) is 0. The fourth-order valence-electron chi connectivity index (χ4n) is 1.73. The molecule has 100 valence electrons. The van der Waals surface area contributed by atoms with Gasteiger partial charge in [0, 0.05) is 0 Å². The van der Waals surface area contributed by atoms with Crippen LogP contribution in [0.25, 0.3) is 0 Å². The van der Waals surface area contributed by atoms with Crippen molar-refractivity contribution in [2.75, 3.05) is 19.9 Å². The Bertz CT molecular complexity index is 510. The minimum absolute atomic E-state index is 0.0134. The maximum atomic E-state index is 11.2. The molecule has 1 N–H and O–H groups in total. The van der Waals surface area contributed by atoms with Gasteiger partial charge in [-0.3, -0.25) is 10.1 Å². The number of hydrogen-bond donors (Lipinski definition) is 1. The number of rotatable bonds is 5. The number of hydrogen-bond acceptors (Lipinski definition) is 6. The molecule has 1 heterocycles. The molecular formula is C13H14N2O4. The molecule has 19 heavy (non-hydrogen) atoms. The summed E-state index contributed by atoms with van der Waals surface area (Å²) >= 11 is 0. The zero-order valence-corrected chi connectivity index (χ0v) is 10.5. The van der Waals surface area contributed by atoms with E-state index >= 15 is 0 Å². The number of benzene rings is 1. The molecule has 1 aliphatic rings. The fourth-order valence-corrected chi connectivity index (χ4v) is 1.73. The first kappa shape index (κ1) is 13.2. The van der Waals surface area contributed by atoms with Crippen molar-refractivity contribution in [3.05, 3.63) is 23.8 Å². The first-order valence-electron chi connectivity index (χ1n) is 5.92. The van der Waals surface area contributed by atoms with Crippen LogP contribution < -0.4 is 14.8 Å². The van der Waals surface area contributed by atoms with Crippen molar-refractivity contribution in [1.29, 1.82) is 5.26 Å². The average molecular weight is 262 g/mol. The lowest BCUT2D eigenvalue weighted by Gasteiger charge is -2.11. The van der Waals surface area contributed by atoms with Gasteiger partial charge >= 0.3 is 5.97 Å². The van der Waals surface area contributed by atoms with E-state index in [1.165, 1.54) is 0 Å². The summed E-state index contributed by atoms with van der Waals surface area (Å²) in [5.41, 5.74) is 0.719. The van der Waals surface area contributed by atoms with Crippen LogP contribution >= 0.6 is 0 Å². The van der Waals surface area contributed by atoms with Crippen LogP contribution in [0.3, 0.4) is 0 Å². The molecular weight excluding hydrogens is 248 g/mol. The van der Waals surface area contributed by atoms with E-state index in [-0.39, 0.29) is 19.3 Å². The van der Waals surface area contributed by atoms with Crippen LogP contribution in [0.5, 0.6) is 11.5 Å². The third-order valence-corrected chi connectivity index (χ3v) is 2.61. The van der Waals surface area contributed by atoms with Gasteiger partial charge in [-0.2, -0.15) is 5.26 Å². The summed E-state index contributed by atoms with van der Waals surface area (Å²) in [4.78, 5) is 11.2. The molecule has 0 aromatic heterocycles. The van der Waals surface area contributed by atoms with Crippen molar-refractivity contribution in [3.8, 4) is 17.6 Å². The third kappa shape index (κ3) is 3.14. The quantitative estimate of drug-likeness (QED) is 0.801. The summed E-state index contributed by atoms with van der Waals surface area (Å²) in [5, 5.41) is 12.0. The maximum Gasteiger partial charge on any atom is 0.319 e. The van der Waals surface area contributed by atoms with Gasteiger partial charge in [-0.1, -0.05) is 6.07 Å². The zero-order chi connectivity index (χ0) is 13.7. The summed E-state index contributed by atoms with van der Waals surface area (Å²) in [6.07, 6.45) is 0. The molecule has 0 radical (unpaired) electrons. The van der Waals surface area contributed by atoms with Crippen molar-refractivity contribution < 1.29 is 19.0 Å². The molecule has 1 atom stereocenters. The highest BCUT2D eigenvalue weighted by molar-refractivity contribution is 5.71. The first-order chi connectivity index (χ1) is 9.24. The summed E-state index contributed by atoms with van der Waals surface area (Å²) in [5.74, 6) is 0.880. The van der Waals surface area contributed by atoms with Crippen LogP contribution in [-0.2, 0) is 9.53 Å². The summed E-state index contributed by atoms with van der Waals surface area (Å²) < 4.78 is 15.2. The lowest BCUT2D eigenvalue weighted by molar-refractivity contribution is -0.142. The third-order valence-electron chi connectivity index (χ3n) is 2.61. The number of nitrogens with one attached hydrogen (secondary N) is 1. The van der Waals surface area contributed by atoms with E-state index in [0.29, 0.717) is 18.1 Å². The standard InChI is InChI=1S/C13H14N2O4/c1-2-17-13(16)7-15-10(6-14)9-3-4-11-12(5-9)19-8-18-11/h3-5,10,15H,2,7-8H2,1H3. The van der Waals surface area contributed by atoms with Gasteiger partial charge < -0.3 is 14.2 Å². The topological polar surface area (TPSA) is 80.6 Å². The largest absolute Gasteiger partial charge is 0.465 e. The Labute approximate surface area is 110 Å². The van der Waals surface area contributed by atoms with Crippen LogP contribution in [0.1, 0.15) is 18.5 Å². The number of ether oxygens (including phenoxy) is 3. The predicted molar refractivity (Wildman–Crippen MR) is 65.6 cm³/mol. The lowest BCUT2D eigenvalue weighted by atomic mass is 10.1. The van der Waals surface area contributed by atoms with Gasteiger partial charge in [-0.15, -0.1) is 0 Å². The average Bonchev–Trinajstić information content (AvgIpc) is 2.87. The van der Waals surface area contributed by atoms with Crippen molar-refractivity contribution in [2.45, 2.75) is 13.0 Å². The monoisotopic (exact) mass is 262 g/mol. The molecule has 0 fully saturated rings. The summed E-state index contributed by atoms with van der Waals surface area (Å²) in [6.45, 7) is 2.23. The molecule has 2 rings (SSSR count). The van der Waals surface area contributed by atoms with Gasteiger partial charge in [0.15, 0.2) is 11.5 Å². The second-order valence-electron chi connectivity index (χ2n) is 3.86. The Morgan fingerprint density at radius 2 is 2.32 bits per heavy atom. The van der Waals surface area contributed by atoms with Crippen molar-refractivity contribution in [3.63, 3.8) is 0 Å². The molecule has 1 aromatic rings. The highest BCUT2D eigenvalue weighted by atomic mass is 16.7. The second-order valence-corrected chi connectivity index (χ2v) is 3.86. The van der Waals surface area contributed by atoms with E-state index in [4.69, 9.17) is 19.5 Å². The van der Waals surface area contributed by atoms with Crippen LogP contribution in [0.2, 0.25) is 0 Å². The van der Waals surface area contributed by atoms with Gasteiger partial charge in [-0.25, -0.2) is 0 Å². The van der Waals surface area contributed by atoms with E-state index in [9.17, 15) is 4.79 Å². The Morgan fingerprint density at radius 1 is 1.53 bits per heavy atom. The van der Waals surface area contributed by atoms with Gasteiger partial charge in [0.2, 0.25) is 6.79 Å². The van der Waals surface area contributed by atoms with Crippen molar-refractivity contribution in [2.24, 2.45) is 0 Å². The van der Waals surface area contributed by atoms with E-state index in [1.54, 1.807) is 25.1 Å². The Kier molecular flexibility index (Phi) is 4.21. The minimum atomic E-state index is -0.598. The van der Waals surface area contributed by atoms with Crippen molar-refractivity contribution >= 4 is 5.97 Å². The molecule has 0 bridgehead atoms. The molecule has 1 aliphatic heterocycles. The number of nitrogens with zero attached hydrogens (tertiary/aromatic N) is 1. The number of carbonyl (C=O) groups is 1. The minimum Gasteiger partial charge on any atom is -0.465 e. The molecule has 1 aromatic carbocycles. The predicted octanol–water partition coefficient (Wildman–Crippen LogP) is 1.13. The van der Waals surface area contributed by atoms with Gasteiger partial charge in [0.1, 0.15) is 6.04 Å². The SMILES string of the molecule is CCOC(=O)CNC(C#N)c1ccc2c(c1)OCO2. The van der Waals surface area contributed by atoms with Gasteiger partial charge in [0.25, 0.3) is 0 Å². The van der Waals surface area contributed by atoms with Crippen LogP contribution in [0, 0.1) is 11.3 Å². The molecule has 0 saturated heterocycles. The van der Waals surface area contributed by atoms with Gasteiger partial charge in [-0.05, 0) is 24.6 Å². The van der Waals surface area contributed by atoms with E-state index < -0.39 is 6.04 Å². The molecule has 6 nitrogen and oxygen atoms in total. The normalized spacial score (nSPS) is 13.7. The number of fused-ring (bicyclic) bond motifs is 1. The molecule has 1 unspecified atom stereocenters. The zero-order valence-electron chi connectivity index (χ0n) is 10.5.